The van der Waals surface area contributed by atoms with Crippen molar-refractivity contribution in [2.45, 2.75) is 34.7 Å². The molecule has 0 aliphatic carbocycles. The number of thiazole rings is 1. The maximum Gasteiger partial charge on any atom is 0.180 e. The fourth-order valence-corrected chi connectivity index (χ4v) is 5.19. The van der Waals surface area contributed by atoms with Crippen LogP contribution in [0.15, 0.2) is 34.9 Å². The van der Waals surface area contributed by atoms with Crippen molar-refractivity contribution in [2.24, 2.45) is 11.6 Å². The van der Waals surface area contributed by atoms with Gasteiger partial charge >= 0.3 is 0 Å². The molecule has 5 atom stereocenters. The van der Waals surface area contributed by atoms with Gasteiger partial charge in [0.05, 0.1) is 12.3 Å². The Bertz CT molecular complexity index is 977. The summed E-state index contributed by atoms with van der Waals surface area (Å²) in [4.78, 5) is 9.26. The van der Waals surface area contributed by atoms with Crippen LogP contribution in [0.2, 0.25) is 0 Å². The third-order valence-electron chi connectivity index (χ3n) is 4.92. The molecule has 5 unspecified atom stereocenters. The van der Waals surface area contributed by atoms with Gasteiger partial charge < -0.3 is 30.7 Å². The molecule has 0 amide bonds. The van der Waals surface area contributed by atoms with Crippen molar-refractivity contribution in [3.05, 3.63) is 41.3 Å². The standard InChI is InChI=1S/C19H22N6O3S2/c1-3-10-4-11(6-23-5-10)30-18-17(26-2)15(16-14(28-18)8-27-16)25(22)7-12(20)13-9-29-19(21)24-13/h1,4-7,9,14-18H,8,20,22H2,2H3,(H2,21,24)/b12-7-. The van der Waals surface area contributed by atoms with E-state index in [0.717, 1.165) is 4.90 Å². The van der Waals surface area contributed by atoms with E-state index >= 15 is 0 Å². The molecule has 0 aromatic carbocycles. The summed E-state index contributed by atoms with van der Waals surface area (Å²) in [6.07, 6.45) is 9.75. The Hall–Kier alpha value is -2.33. The Morgan fingerprint density at radius 1 is 1.50 bits per heavy atom. The number of methoxy groups -OCH3 is 1. The first-order chi connectivity index (χ1) is 14.5. The van der Waals surface area contributed by atoms with Crippen molar-refractivity contribution in [1.82, 2.24) is 15.0 Å². The van der Waals surface area contributed by atoms with E-state index in [0.29, 0.717) is 28.7 Å². The Labute approximate surface area is 182 Å². The molecule has 0 bridgehead atoms. The van der Waals surface area contributed by atoms with Crippen LogP contribution in [0.3, 0.4) is 0 Å². The largest absolute Gasteiger partial charge is 0.396 e. The van der Waals surface area contributed by atoms with E-state index in [2.05, 4.69) is 15.9 Å². The third kappa shape index (κ3) is 4.11. The minimum absolute atomic E-state index is 0.0988. The second kappa shape index (κ2) is 8.81. The minimum Gasteiger partial charge on any atom is -0.396 e. The fourth-order valence-electron chi connectivity index (χ4n) is 3.43. The molecule has 2 saturated heterocycles. The molecule has 30 heavy (non-hydrogen) atoms. The van der Waals surface area contributed by atoms with Gasteiger partial charge in [0.15, 0.2) is 5.13 Å². The molecule has 0 spiro atoms. The van der Waals surface area contributed by atoms with Crippen LogP contribution >= 0.6 is 23.1 Å². The Kier molecular flexibility index (Phi) is 6.14. The van der Waals surface area contributed by atoms with Crippen LogP contribution in [0, 0.1) is 12.3 Å². The molecule has 9 nitrogen and oxygen atoms in total. The van der Waals surface area contributed by atoms with Gasteiger partial charge in [0.1, 0.15) is 35.5 Å². The SMILES string of the molecule is C#Cc1cncc(SC2OC3COC3C(N(N)/C=C(\N)c3csc(N)n3)C2OC)c1. The highest BCUT2D eigenvalue weighted by Gasteiger charge is 2.53. The minimum atomic E-state index is -0.402. The predicted molar refractivity (Wildman–Crippen MR) is 116 cm³/mol. The van der Waals surface area contributed by atoms with Crippen LogP contribution in [0.5, 0.6) is 0 Å². The highest BCUT2D eigenvalue weighted by Crippen LogP contribution is 2.40. The number of hydrazine groups is 1. The molecule has 0 radical (unpaired) electrons. The lowest BCUT2D eigenvalue weighted by atomic mass is 9.93. The summed E-state index contributed by atoms with van der Waals surface area (Å²) in [7, 11) is 1.62. The van der Waals surface area contributed by atoms with Crippen LogP contribution in [-0.2, 0) is 14.2 Å². The summed E-state index contributed by atoms with van der Waals surface area (Å²) in [5, 5.41) is 3.73. The molecule has 2 aromatic rings. The Morgan fingerprint density at radius 3 is 2.97 bits per heavy atom. The van der Waals surface area contributed by atoms with Gasteiger partial charge in [-0.1, -0.05) is 17.7 Å². The predicted octanol–water partition coefficient (Wildman–Crippen LogP) is 0.834. The van der Waals surface area contributed by atoms with Gasteiger partial charge in [0.2, 0.25) is 0 Å². The molecule has 158 valence electrons. The summed E-state index contributed by atoms with van der Waals surface area (Å²) < 4.78 is 17.8. The third-order valence-corrected chi connectivity index (χ3v) is 6.71. The summed E-state index contributed by atoms with van der Waals surface area (Å²) in [5.41, 5.74) is 13.2. The number of anilines is 1. The number of rotatable bonds is 6. The molecule has 6 N–H and O–H groups in total. The second-order valence-electron chi connectivity index (χ2n) is 6.81. The molecule has 11 heteroatoms. The number of nitrogens with two attached hydrogens (primary N) is 3. The molecule has 2 aliphatic heterocycles. The zero-order valence-electron chi connectivity index (χ0n) is 16.2. The smallest absolute Gasteiger partial charge is 0.180 e. The number of pyridine rings is 1. The average molecular weight is 447 g/mol. The van der Waals surface area contributed by atoms with Gasteiger partial charge in [-0.2, -0.15) is 0 Å². The first kappa shape index (κ1) is 20.9. The second-order valence-corrected chi connectivity index (χ2v) is 8.87. The number of fused-ring (bicyclic) bond motifs is 1. The summed E-state index contributed by atoms with van der Waals surface area (Å²) in [6, 6.07) is 1.56. The number of ether oxygens (including phenoxy) is 3. The number of hydrogen-bond donors (Lipinski definition) is 3. The first-order valence-electron chi connectivity index (χ1n) is 9.10. The Morgan fingerprint density at radius 2 is 2.33 bits per heavy atom. The van der Waals surface area contributed by atoms with Gasteiger partial charge in [-0.05, 0) is 6.07 Å². The highest BCUT2D eigenvalue weighted by molar-refractivity contribution is 7.99. The summed E-state index contributed by atoms with van der Waals surface area (Å²) >= 11 is 2.79. The van der Waals surface area contributed by atoms with Crippen LogP contribution in [0.4, 0.5) is 5.13 Å². The molecular weight excluding hydrogens is 424 g/mol. The molecule has 2 aromatic heterocycles. The quantitative estimate of drug-likeness (QED) is 0.333. The monoisotopic (exact) mass is 446 g/mol. The highest BCUT2D eigenvalue weighted by atomic mass is 32.2. The van der Waals surface area contributed by atoms with Gasteiger partial charge in [-0.3, -0.25) is 4.98 Å². The lowest BCUT2D eigenvalue weighted by Crippen LogP contribution is -2.70. The van der Waals surface area contributed by atoms with E-state index < -0.39 is 6.10 Å². The molecule has 4 rings (SSSR count). The number of hydrogen-bond acceptors (Lipinski definition) is 11. The van der Waals surface area contributed by atoms with E-state index in [4.69, 9.17) is 37.9 Å². The first-order valence-corrected chi connectivity index (χ1v) is 10.9. The lowest BCUT2D eigenvalue weighted by molar-refractivity contribution is -0.272. The van der Waals surface area contributed by atoms with Crippen LogP contribution in [0.25, 0.3) is 5.70 Å². The van der Waals surface area contributed by atoms with Crippen molar-refractivity contribution in [1.29, 1.82) is 0 Å². The van der Waals surface area contributed by atoms with Gasteiger partial charge in [-0.15, -0.1) is 17.8 Å². The normalized spacial score (nSPS) is 28.3. The number of nitrogens with zero attached hydrogens (tertiary/aromatic N) is 3. The topological polar surface area (TPSA) is 135 Å². The number of aromatic nitrogens is 2. The molecular formula is C19H22N6O3S2. The van der Waals surface area contributed by atoms with Crippen LogP contribution in [-0.4, -0.2) is 58.5 Å². The van der Waals surface area contributed by atoms with Gasteiger partial charge in [-0.25, -0.2) is 10.8 Å². The van der Waals surface area contributed by atoms with Crippen molar-refractivity contribution < 1.29 is 14.2 Å². The summed E-state index contributed by atoms with van der Waals surface area (Å²) in [6.45, 7) is 0.493. The molecule has 2 aliphatic rings. The maximum absolute atomic E-state index is 6.40. The summed E-state index contributed by atoms with van der Waals surface area (Å²) in [5.74, 6) is 9.00. The van der Waals surface area contributed by atoms with Crippen molar-refractivity contribution in [2.75, 3.05) is 19.5 Å². The van der Waals surface area contributed by atoms with Gasteiger partial charge in [0, 0.05) is 41.5 Å². The van der Waals surface area contributed by atoms with E-state index in [-0.39, 0.29) is 23.7 Å². The molecule has 0 saturated carbocycles. The lowest BCUT2D eigenvalue weighted by Gasteiger charge is -2.53. The zero-order chi connectivity index (χ0) is 21.3. The number of nitrogen functional groups attached to an aromatic ring is 1. The Balaban J connectivity index is 1.57. The van der Waals surface area contributed by atoms with Crippen molar-refractivity contribution in [3.63, 3.8) is 0 Å². The van der Waals surface area contributed by atoms with E-state index in [9.17, 15) is 0 Å². The zero-order valence-corrected chi connectivity index (χ0v) is 17.8. The fraction of sp³-hybridized carbons (Fsp3) is 0.368. The van der Waals surface area contributed by atoms with Gasteiger partial charge in [0.25, 0.3) is 0 Å². The molecule has 4 heterocycles. The van der Waals surface area contributed by atoms with Crippen molar-refractivity contribution >= 4 is 33.9 Å². The number of thioether (sulfide) groups is 1. The number of terminal acetylenes is 1. The van der Waals surface area contributed by atoms with E-state index in [1.165, 1.54) is 28.1 Å². The van der Waals surface area contributed by atoms with Crippen LogP contribution < -0.4 is 17.3 Å². The van der Waals surface area contributed by atoms with Crippen LogP contribution in [0.1, 0.15) is 11.3 Å². The van der Waals surface area contributed by atoms with Crippen molar-refractivity contribution in [3.8, 4) is 12.3 Å². The maximum atomic E-state index is 6.40. The average Bonchev–Trinajstić information content (AvgIpc) is 3.16. The van der Waals surface area contributed by atoms with E-state index in [1.807, 2.05) is 6.07 Å². The van der Waals surface area contributed by atoms with E-state index in [1.54, 1.807) is 31.1 Å². The molecule has 2 fully saturated rings.